The number of nitrogens with zero attached hydrogens (tertiary/aromatic N) is 1. The molecule has 3 aromatic carbocycles. The first-order valence-electron chi connectivity index (χ1n) is 9.17. The highest BCUT2D eigenvalue weighted by Gasteiger charge is 2.38. The second-order valence-corrected chi connectivity index (χ2v) is 7.46. The molecule has 0 saturated heterocycles. The Morgan fingerprint density at radius 3 is 2.52 bits per heavy atom. The molecule has 3 aromatic rings. The van der Waals surface area contributed by atoms with E-state index in [9.17, 15) is 4.79 Å². The molecule has 0 aliphatic carbocycles. The van der Waals surface area contributed by atoms with E-state index in [-0.39, 0.29) is 17.8 Å². The van der Waals surface area contributed by atoms with Crippen LogP contribution in [0, 0.1) is 0 Å². The van der Waals surface area contributed by atoms with Gasteiger partial charge < -0.3 is 9.64 Å². The maximum atomic E-state index is 12.7. The highest BCUT2D eigenvalue weighted by molar-refractivity contribution is 5.94. The van der Waals surface area contributed by atoms with Crippen LogP contribution < -0.4 is 9.64 Å². The number of allylic oxidation sites excluding steroid dienone is 1. The summed E-state index contributed by atoms with van der Waals surface area (Å²) in [6.07, 6.45) is 1.73. The lowest BCUT2D eigenvalue weighted by atomic mass is 9.83. The van der Waals surface area contributed by atoms with Gasteiger partial charge in [-0.05, 0) is 23.1 Å². The topological polar surface area (TPSA) is 29.5 Å². The van der Waals surface area contributed by atoms with Crippen molar-refractivity contribution in [1.82, 2.24) is 0 Å². The first-order chi connectivity index (χ1) is 13.0. The number of hydrogen-bond donors (Lipinski definition) is 0. The summed E-state index contributed by atoms with van der Waals surface area (Å²) in [6, 6.07) is 22.2. The zero-order chi connectivity index (χ0) is 19.0. The van der Waals surface area contributed by atoms with Gasteiger partial charge in [-0.25, -0.2) is 0 Å². The Morgan fingerprint density at radius 1 is 1.00 bits per heavy atom. The third-order valence-corrected chi connectivity index (χ3v) is 5.36. The van der Waals surface area contributed by atoms with Gasteiger partial charge in [0, 0.05) is 35.3 Å². The van der Waals surface area contributed by atoms with Crippen molar-refractivity contribution in [2.45, 2.75) is 19.3 Å². The molecular weight excluding hydrogens is 334 g/mol. The second-order valence-electron chi connectivity index (χ2n) is 7.46. The third kappa shape index (κ3) is 2.99. The van der Waals surface area contributed by atoms with Gasteiger partial charge in [-0.15, -0.1) is 0 Å². The molecule has 0 bridgehead atoms. The van der Waals surface area contributed by atoms with E-state index in [1.807, 2.05) is 61.6 Å². The number of carbonyl (C=O) groups is 1. The van der Waals surface area contributed by atoms with Crippen molar-refractivity contribution in [1.29, 1.82) is 0 Å². The minimum Gasteiger partial charge on any atom is -0.485 e. The minimum atomic E-state index is -0.208. The molecule has 0 fully saturated rings. The van der Waals surface area contributed by atoms with Crippen molar-refractivity contribution in [3.05, 3.63) is 84.1 Å². The normalized spacial score (nSPS) is 16.6. The summed E-state index contributed by atoms with van der Waals surface area (Å²) < 4.78 is 5.86. The Morgan fingerprint density at radius 2 is 1.70 bits per heavy atom. The van der Waals surface area contributed by atoms with Crippen LogP contribution >= 0.6 is 0 Å². The van der Waals surface area contributed by atoms with Gasteiger partial charge in [-0.3, -0.25) is 4.79 Å². The van der Waals surface area contributed by atoms with Gasteiger partial charge in [0.15, 0.2) is 12.4 Å². The molecule has 1 aliphatic heterocycles. The van der Waals surface area contributed by atoms with Crippen LogP contribution in [0.25, 0.3) is 10.8 Å². The van der Waals surface area contributed by atoms with Crippen molar-refractivity contribution < 1.29 is 9.53 Å². The Hall–Kier alpha value is -3.07. The maximum Gasteiger partial charge on any atom is 0.194 e. The number of carbonyl (C=O) groups excluding carboxylic acids is 1. The summed E-state index contributed by atoms with van der Waals surface area (Å²) in [5, 5.41) is 2.12. The van der Waals surface area contributed by atoms with Crippen molar-refractivity contribution in [3.8, 4) is 5.75 Å². The average molecular weight is 357 g/mol. The van der Waals surface area contributed by atoms with E-state index in [1.54, 1.807) is 6.08 Å². The highest BCUT2D eigenvalue weighted by atomic mass is 16.5. The van der Waals surface area contributed by atoms with Gasteiger partial charge in [0.05, 0.1) is 0 Å². The number of hydrogen-bond acceptors (Lipinski definition) is 3. The fourth-order valence-corrected chi connectivity index (χ4v) is 3.92. The Balaban J connectivity index is 1.56. The van der Waals surface area contributed by atoms with Crippen molar-refractivity contribution >= 4 is 22.2 Å². The maximum absolute atomic E-state index is 12.7. The monoisotopic (exact) mass is 357 g/mol. The molecule has 0 amide bonds. The standard InChI is InChI=1S/C24H23NO2/c1-24(2)20-12-6-7-13-21(20)25(3)23(24)15-18(26)16-27-22-14-8-10-17-9-4-5-11-19(17)22/h4-15H,16H2,1-3H3/b23-15+. The Labute approximate surface area is 159 Å². The predicted octanol–water partition coefficient (Wildman–Crippen LogP) is 5.10. The number of likely N-dealkylation sites (N-methyl/N-ethyl adjacent to an activating group) is 1. The molecule has 4 rings (SSSR count). The van der Waals surface area contributed by atoms with Crippen molar-refractivity contribution in [2.75, 3.05) is 18.6 Å². The fraction of sp³-hybridized carbons (Fsp3) is 0.208. The van der Waals surface area contributed by atoms with Crippen molar-refractivity contribution in [2.24, 2.45) is 0 Å². The van der Waals surface area contributed by atoms with E-state index in [0.717, 1.165) is 27.9 Å². The summed E-state index contributed by atoms with van der Waals surface area (Å²) in [6.45, 7) is 4.33. The smallest absolute Gasteiger partial charge is 0.194 e. The summed E-state index contributed by atoms with van der Waals surface area (Å²) in [5.41, 5.74) is 3.17. The van der Waals surface area contributed by atoms with E-state index >= 15 is 0 Å². The van der Waals surface area contributed by atoms with Gasteiger partial charge in [-0.2, -0.15) is 0 Å². The zero-order valence-corrected chi connectivity index (χ0v) is 15.9. The lowest BCUT2D eigenvalue weighted by molar-refractivity contribution is -0.116. The van der Waals surface area contributed by atoms with Gasteiger partial charge in [0.2, 0.25) is 0 Å². The van der Waals surface area contributed by atoms with Gasteiger partial charge in [0.1, 0.15) is 5.75 Å². The van der Waals surface area contributed by atoms with Gasteiger partial charge in [0.25, 0.3) is 0 Å². The lowest BCUT2D eigenvalue weighted by Crippen LogP contribution is -2.25. The molecule has 136 valence electrons. The molecule has 1 aliphatic rings. The summed E-state index contributed by atoms with van der Waals surface area (Å²) >= 11 is 0. The second kappa shape index (κ2) is 6.58. The lowest BCUT2D eigenvalue weighted by Gasteiger charge is -2.24. The predicted molar refractivity (Wildman–Crippen MR) is 110 cm³/mol. The first-order valence-corrected chi connectivity index (χ1v) is 9.17. The number of anilines is 1. The van der Waals surface area contributed by atoms with E-state index in [4.69, 9.17) is 4.74 Å². The molecule has 3 nitrogen and oxygen atoms in total. The van der Waals surface area contributed by atoms with Crippen LogP contribution in [0.15, 0.2) is 78.5 Å². The molecule has 3 heteroatoms. The van der Waals surface area contributed by atoms with Crippen LogP contribution in [0.1, 0.15) is 19.4 Å². The fourth-order valence-electron chi connectivity index (χ4n) is 3.92. The number of benzene rings is 3. The van der Waals surface area contributed by atoms with Gasteiger partial charge >= 0.3 is 0 Å². The largest absolute Gasteiger partial charge is 0.485 e. The van der Waals surface area contributed by atoms with Crippen molar-refractivity contribution in [3.63, 3.8) is 0 Å². The third-order valence-electron chi connectivity index (χ3n) is 5.36. The molecule has 0 unspecified atom stereocenters. The molecule has 27 heavy (non-hydrogen) atoms. The molecule has 0 N–H and O–H groups in total. The molecule has 0 radical (unpaired) electrons. The number of rotatable bonds is 4. The van der Waals surface area contributed by atoms with Crippen LogP contribution in [0.2, 0.25) is 0 Å². The Bertz CT molecular complexity index is 1040. The average Bonchev–Trinajstić information content (AvgIpc) is 2.87. The molecule has 0 spiro atoms. The minimum absolute atomic E-state index is 0.0256. The number of ether oxygens (including phenoxy) is 1. The van der Waals surface area contributed by atoms with Crippen LogP contribution in [-0.4, -0.2) is 19.4 Å². The summed E-state index contributed by atoms with van der Waals surface area (Å²) in [4.78, 5) is 14.8. The van der Waals surface area contributed by atoms with E-state index in [2.05, 4.69) is 30.9 Å². The van der Waals surface area contributed by atoms with Crippen LogP contribution in [0.3, 0.4) is 0 Å². The van der Waals surface area contributed by atoms with Gasteiger partial charge in [-0.1, -0.05) is 68.4 Å². The Kier molecular flexibility index (Phi) is 4.23. The quantitative estimate of drug-likeness (QED) is 0.609. The number of fused-ring (bicyclic) bond motifs is 2. The number of ketones is 1. The van der Waals surface area contributed by atoms with Crippen LogP contribution in [0.4, 0.5) is 5.69 Å². The van der Waals surface area contributed by atoms with E-state index in [0.29, 0.717) is 0 Å². The molecule has 0 aromatic heterocycles. The number of para-hydroxylation sites is 1. The first kappa shape index (κ1) is 17.3. The SMILES string of the molecule is CN1/C(=C/C(=O)COc2cccc3ccccc23)C(C)(C)c2ccccc21. The molecule has 0 saturated carbocycles. The summed E-state index contributed by atoms with van der Waals surface area (Å²) in [5.74, 6) is 0.702. The molecule has 0 atom stereocenters. The van der Waals surface area contributed by atoms with Crippen LogP contribution in [0.5, 0.6) is 5.75 Å². The van der Waals surface area contributed by atoms with E-state index in [1.165, 1.54) is 5.56 Å². The zero-order valence-electron chi connectivity index (χ0n) is 15.9. The molecular formula is C24H23NO2. The van der Waals surface area contributed by atoms with Crippen LogP contribution in [-0.2, 0) is 10.2 Å². The highest BCUT2D eigenvalue weighted by Crippen LogP contribution is 2.46. The summed E-state index contributed by atoms with van der Waals surface area (Å²) in [7, 11) is 2.01. The molecule has 1 heterocycles. The van der Waals surface area contributed by atoms with E-state index < -0.39 is 0 Å².